The highest BCUT2D eigenvalue weighted by Gasteiger charge is 2.26. The Kier molecular flexibility index (Phi) is 5.95. The van der Waals surface area contributed by atoms with Crippen molar-refractivity contribution in [3.63, 3.8) is 0 Å². The summed E-state index contributed by atoms with van der Waals surface area (Å²) in [4.78, 5) is 31.0. The van der Waals surface area contributed by atoms with Gasteiger partial charge in [0.25, 0.3) is 5.91 Å². The fourth-order valence-electron chi connectivity index (χ4n) is 3.95. The van der Waals surface area contributed by atoms with E-state index >= 15 is 0 Å². The fraction of sp³-hybridized carbons (Fsp3) is 0.333. The third kappa shape index (κ3) is 4.41. The van der Waals surface area contributed by atoms with Gasteiger partial charge in [-0.25, -0.2) is 4.79 Å². The van der Waals surface area contributed by atoms with Gasteiger partial charge in [0.05, 0.1) is 24.4 Å². The molecule has 7 nitrogen and oxygen atoms in total. The maximum Gasteiger partial charge on any atom is 0.319 e. The molecule has 31 heavy (non-hydrogen) atoms. The lowest BCUT2D eigenvalue weighted by atomic mass is 9.99. The molecule has 3 amide bonds. The van der Waals surface area contributed by atoms with Gasteiger partial charge in [-0.1, -0.05) is 30.3 Å². The Morgan fingerprint density at radius 1 is 1.10 bits per heavy atom. The molecule has 3 N–H and O–H groups in total. The van der Waals surface area contributed by atoms with Crippen molar-refractivity contribution in [1.82, 2.24) is 15.2 Å². The second-order valence-corrected chi connectivity index (χ2v) is 8.13. The number of benzene rings is 2. The standard InChI is InChI=1S/C24H28N4O3/c1-15(2)25-24(30)26-19-14-16(3)13-18-20(17-7-5-4-6-8-17)22(27-21(18)19)23(29)28-9-11-31-12-10-28/h4-8,13-15,27H,9-12H2,1-3H3,(H2,25,26,30). The Bertz CT molecular complexity index is 1100. The molecule has 162 valence electrons. The minimum atomic E-state index is -0.279. The molecule has 0 radical (unpaired) electrons. The van der Waals surface area contributed by atoms with Crippen LogP contribution in [-0.4, -0.2) is 54.2 Å². The highest BCUT2D eigenvalue weighted by molar-refractivity contribution is 6.13. The van der Waals surface area contributed by atoms with E-state index in [4.69, 9.17) is 4.74 Å². The van der Waals surface area contributed by atoms with E-state index in [-0.39, 0.29) is 18.0 Å². The molecule has 2 heterocycles. The van der Waals surface area contributed by atoms with E-state index in [9.17, 15) is 9.59 Å². The third-order valence-electron chi connectivity index (χ3n) is 5.29. The number of aromatic nitrogens is 1. The first-order valence-corrected chi connectivity index (χ1v) is 10.6. The molecule has 2 aromatic carbocycles. The number of nitrogens with one attached hydrogen (secondary N) is 3. The van der Waals surface area contributed by atoms with Gasteiger partial charge in [0.2, 0.25) is 0 Å². The predicted molar refractivity (Wildman–Crippen MR) is 122 cm³/mol. The summed E-state index contributed by atoms with van der Waals surface area (Å²) in [6.45, 7) is 7.99. The number of H-pyrrole nitrogens is 1. The summed E-state index contributed by atoms with van der Waals surface area (Å²) >= 11 is 0. The number of morpholine rings is 1. The topological polar surface area (TPSA) is 86.5 Å². The zero-order valence-electron chi connectivity index (χ0n) is 18.1. The largest absolute Gasteiger partial charge is 0.378 e. The van der Waals surface area contributed by atoms with Crippen LogP contribution in [0.2, 0.25) is 0 Å². The van der Waals surface area contributed by atoms with E-state index in [0.29, 0.717) is 37.7 Å². The molecule has 0 bridgehead atoms. The second kappa shape index (κ2) is 8.81. The number of hydrogen-bond donors (Lipinski definition) is 3. The van der Waals surface area contributed by atoms with Crippen molar-refractivity contribution in [2.24, 2.45) is 0 Å². The van der Waals surface area contributed by atoms with Crippen LogP contribution in [0.5, 0.6) is 0 Å². The molecule has 1 fully saturated rings. The molecule has 3 aromatic rings. The summed E-state index contributed by atoms with van der Waals surface area (Å²) in [5, 5.41) is 6.70. The Hall–Kier alpha value is -3.32. The van der Waals surface area contributed by atoms with Crippen LogP contribution < -0.4 is 10.6 Å². The van der Waals surface area contributed by atoms with Gasteiger partial charge >= 0.3 is 6.03 Å². The number of carbonyl (C=O) groups excluding carboxylic acids is 2. The number of nitrogens with zero attached hydrogens (tertiary/aromatic N) is 1. The van der Waals surface area contributed by atoms with Gasteiger partial charge < -0.3 is 25.3 Å². The van der Waals surface area contributed by atoms with Crippen LogP contribution in [0.1, 0.15) is 29.9 Å². The molecule has 1 aliphatic heterocycles. The number of amides is 3. The van der Waals surface area contributed by atoms with Crippen LogP contribution in [0.3, 0.4) is 0 Å². The number of urea groups is 1. The Balaban J connectivity index is 1.86. The maximum absolute atomic E-state index is 13.5. The van der Waals surface area contributed by atoms with E-state index in [2.05, 4.69) is 21.7 Å². The Morgan fingerprint density at radius 3 is 2.48 bits per heavy atom. The van der Waals surface area contributed by atoms with Gasteiger partial charge in [-0.2, -0.15) is 0 Å². The van der Waals surface area contributed by atoms with Crippen molar-refractivity contribution in [2.75, 3.05) is 31.6 Å². The molecule has 1 saturated heterocycles. The van der Waals surface area contributed by atoms with Crippen molar-refractivity contribution in [1.29, 1.82) is 0 Å². The number of rotatable bonds is 4. The van der Waals surface area contributed by atoms with Gasteiger partial charge in [0.1, 0.15) is 5.69 Å². The first kappa shape index (κ1) is 20.9. The zero-order valence-corrected chi connectivity index (χ0v) is 18.1. The highest BCUT2D eigenvalue weighted by Crippen LogP contribution is 2.37. The van der Waals surface area contributed by atoms with E-state index in [1.54, 1.807) is 0 Å². The van der Waals surface area contributed by atoms with Gasteiger partial charge in [0.15, 0.2) is 0 Å². The highest BCUT2D eigenvalue weighted by atomic mass is 16.5. The third-order valence-corrected chi connectivity index (χ3v) is 5.29. The van der Waals surface area contributed by atoms with E-state index in [1.165, 1.54) is 0 Å². The normalized spacial score (nSPS) is 14.1. The zero-order chi connectivity index (χ0) is 22.0. The molecule has 0 spiro atoms. The average Bonchev–Trinajstić information content (AvgIpc) is 3.13. The smallest absolute Gasteiger partial charge is 0.319 e. The Morgan fingerprint density at radius 2 is 1.81 bits per heavy atom. The molecular formula is C24H28N4O3. The van der Waals surface area contributed by atoms with Crippen LogP contribution in [-0.2, 0) is 4.74 Å². The second-order valence-electron chi connectivity index (χ2n) is 8.13. The van der Waals surface area contributed by atoms with Crippen molar-refractivity contribution >= 4 is 28.5 Å². The van der Waals surface area contributed by atoms with Crippen molar-refractivity contribution < 1.29 is 14.3 Å². The van der Waals surface area contributed by atoms with Crippen LogP contribution in [0, 0.1) is 6.92 Å². The summed E-state index contributed by atoms with van der Waals surface area (Å²) in [6, 6.07) is 13.6. The summed E-state index contributed by atoms with van der Waals surface area (Å²) in [5.74, 6) is -0.0615. The number of aryl methyl sites for hydroxylation is 1. The van der Waals surface area contributed by atoms with Crippen LogP contribution in [0.25, 0.3) is 22.0 Å². The molecule has 0 atom stereocenters. The lowest BCUT2D eigenvalue weighted by molar-refractivity contribution is 0.0300. The van der Waals surface area contributed by atoms with Crippen molar-refractivity contribution in [2.45, 2.75) is 26.8 Å². The number of fused-ring (bicyclic) bond motifs is 1. The molecule has 7 heteroatoms. The lowest BCUT2D eigenvalue weighted by Crippen LogP contribution is -2.41. The van der Waals surface area contributed by atoms with Crippen molar-refractivity contribution in [3.05, 3.63) is 53.7 Å². The van der Waals surface area contributed by atoms with E-state index in [1.807, 2.05) is 62.1 Å². The molecule has 4 rings (SSSR count). The summed E-state index contributed by atoms with van der Waals surface area (Å²) in [5.41, 5.74) is 4.71. The van der Waals surface area contributed by atoms with E-state index in [0.717, 1.165) is 27.6 Å². The molecule has 0 unspecified atom stereocenters. The van der Waals surface area contributed by atoms with Crippen LogP contribution in [0.15, 0.2) is 42.5 Å². The Labute approximate surface area is 181 Å². The monoisotopic (exact) mass is 420 g/mol. The number of ether oxygens (including phenoxy) is 1. The quantitative estimate of drug-likeness (QED) is 0.593. The number of aromatic amines is 1. The van der Waals surface area contributed by atoms with Crippen molar-refractivity contribution in [3.8, 4) is 11.1 Å². The average molecular weight is 421 g/mol. The predicted octanol–water partition coefficient (Wildman–Crippen LogP) is 4.15. The summed E-state index contributed by atoms with van der Waals surface area (Å²) < 4.78 is 5.41. The first-order valence-electron chi connectivity index (χ1n) is 10.6. The summed E-state index contributed by atoms with van der Waals surface area (Å²) in [7, 11) is 0. The number of carbonyl (C=O) groups is 2. The molecule has 0 aliphatic carbocycles. The van der Waals surface area contributed by atoms with E-state index < -0.39 is 0 Å². The minimum absolute atomic E-state index is 0.0160. The molecular weight excluding hydrogens is 392 g/mol. The SMILES string of the molecule is Cc1cc(NC(=O)NC(C)C)c2[nH]c(C(=O)N3CCOCC3)c(-c3ccccc3)c2c1. The minimum Gasteiger partial charge on any atom is -0.378 e. The molecule has 1 aromatic heterocycles. The molecule has 0 saturated carbocycles. The maximum atomic E-state index is 13.5. The van der Waals surface area contributed by atoms with Gasteiger partial charge in [0, 0.05) is 30.1 Å². The van der Waals surface area contributed by atoms with Gasteiger partial charge in [-0.05, 0) is 44.0 Å². The molecule has 1 aliphatic rings. The number of hydrogen-bond acceptors (Lipinski definition) is 3. The van der Waals surface area contributed by atoms with Gasteiger partial charge in [-0.3, -0.25) is 4.79 Å². The first-order chi connectivity index (χ1) is 14.9. The van der Waals surface area contributed by atoms with Crippen LogP contribution in [0.4, 0.5) is 10.5 Å². The fourth-order valence-corrected chi connectivity index (χ4v) is 3.95. The van der Waals surface area contributed by atoms with Gasteiger partial charge in [-0.15, -0.1) is 0 Å². The lowest BCUT2D eigenvalue weighted by Gasteiger charge is -2.26. The number of anilines is 1. The van der Waals surface area contributed by atoms with Crippen LogP contribution >= 0.6 is 0 Å². The summed E-state index contributed by atoms with van der Waals surface area (Å²) in [6.07, 6.45) is 0.